The molecule has 0 spiro atoms. The van der Waals surface area contributed by atoms with Crippen LogP contribution in [0.2, 0.25) is 0 Å². The van der Waals surface area contributed by atoms with E-state index in [-0.39, 0.29) is 6.10 Å². The molecule has 0 radical (unpaired) electrons. The van der Waals surface area contributed by atoms with Crippen molar-refractivity contribution < 1.29 is 4.74 Å². The minimum absolute atomic E-state index is 0.165. The van der Waals surface area contributed by atoms with Crippen LogP contribution in [-0.4, -0.2) is 14.8 Å². The highest BCUT2D eigenvalue weighted by Crippen LogP contribution is 2.27. The predicted molar refractivity (Wildman–Crippen MR) is 107 cm³/mol. The molecule has 0 aliphatic rings. The lowest BCUT2D eigenvalue weighted by molar-refractivity contribution is 0.211. The third kappa shape index (κ3) is 4.28. The maximum absolute atomic E-state index is 6.11. The van der Waals surface area contributed by atoms with E-state index in [9.17, 15) is 0 Å². The predicted octanol–water partition coefficient (Wildman–Crippen LogP) is 5.17. The van der Waals surface area contributed by atoms with Gasteiger partial charge in [-0.3, -0.25) is 0 Å². The molecular formula is C21H25N3OS. The van der Waals surface area contributed by atoms with Crippen LogP contribution in [0, 0.1) is 20.8 Å². The van der Waals surface area contributed by atoms with Gasteiger partial charge in [-0.1, -0.05) is 42.1 Å². The van der Waals surface area contributed by atoms with Crippen molar-refractivity contribution in [1.29, 1.82) is 0 Å². The molecule has 0 amide bonds. The summed E-state index contributed by atoms with van der Waals surface area (Å²) in [7, 11) is 2.00. The second-order valence-electron chi connectivity index (χ2n) is 6.70. The Morgan fingerprint density at radius 2 is 1.73 bits per heavy atom. The maximum Gasteiger partial charge on any atom is 0.191 e. The molecule has 136 valence electrons. The average molecular weight is 368 g/mol. The first kappa shape index (κ1) is 18.5. The Morgan fingerprint density at radius 1 is 1.04 bits per heavy atom. The maximum atomic E-state index is 6.11. The molecule has 1 aromatic heterocycles. The molecule has 1 unspecified atom stereocenters. The van der Waals surface area contributed by atoms with Gasteiger partial charge in [0.15, 0.2) is 17.1 Å². The molecule has 0 saturated heterocycles. The van der Waals surface area contributed by atoms with Crippen LogP contribution >= 0.6 is 11.8 Å². The summed E-state index contributed by atoms with van der Waals surface area (Å²) in [6.07, 6.45) is -0.165. The van der Waals surface area contributed by atoms with Gasteiger partial charge in [0.1, 0.15) is 5.75 Å². The van der Waals surface area contributed by atoms with Gasteiger partial charge in [0, 0.05) is 12.8 Å². The third-order valence-electron chi connectivity index (χ3n) is 4.36. The van der Waals surface area contributed by atoms with Crippen LogP contribution in [0.15, 0.2) is 47.6 Å². The van der Waals surface area contributed by atoms with E-state index in [0.717, 1.165) is 22.5 Å². The zero-order valence-corrected chi connectivity index (χ0v) is 16.8. The quantitative estimate of drug-likeness (QED) is 0.563. The van der Waals surface area contributed by atoms with Crippen molar-refractivity contribution in [3.05, 3.63) is 70.5 Å². The van der Waals surface area contributed by atoms with Crippen LogP contribution in [0.3, 0.4) is 0 Å². The van der Waals surface area contributed by atoms with Crippen molar-refractivity contribution in [2.75, 3.05) is 0 Å². The molecule has 0 N–H and O–H groups in total. The average Bonchev–Trinajstić information content (AvgIpc) is 2.94. The van der Waals surface area contributed by atoms with Crippen LogP contribution in [-0.2, 0) is 12.8 Å². The molecule has 0 fully saturated rings. The van der Waals surface area contributed by atoms with E-state index in [4.69, 9.17) is 4.74 Å². The van der Waals surface area contributed by atoms with Crippen molar-refractivity contribution >= 4 is 11.8 Å². The van der Waals surface area contributed by atoms with Crippen LogP contribution in [0.25, 0.3) is 0 Å². The van der Waals surface area contributed by atoms with Crippen molar-refractivity contribution in [1.82, 2.24) is 14.8 Å². The molecule has 0 saturated carbocycles. The minimum atomic E-state index is -0.165. The Kier molecular flexibility index (Phi) is 5.67. The van der Waals surface area contributed by atoms with Gasteiger partial charge < -0.3 is 9.30 Å². The van der Waals surface area contributed by atoms with Gasteiger partial charge in [-0.15, -0.1) is 10.2 Å². The summed E-state index contributed by atoms with van der Waals surface area (Å²) < 4.78 is 8.13. The van der Waals surface area contributed by atoms with Gasteiger partial charge in [0.2, 0.25) is 0 Å². The number of aromatic nitrogens is 3. The van der Waals surface area contributed by atoms with Crippen LogP contribution in [0.1, 0.15) is 41.1 Å². The molecular weight excluding hydrogens is 342 g/mol. The highest BCUT2D eigenvalue weighted by molar-refractivity contribution is 7.98. The smallest absolute Gasteiger partial charge is 0.191 e. The number of rotatable bonds is 6. The van der Waals surface area contributed by atoms with E-state index in [2.05, 4.69) is 61.3 Å². The fourth-order valence-electron chi connectivity index (χ4n) is 2.98. The Labute approximate surface area is 159 Å². The van der Waals surface area contributed by atoms with Gasteiger partial charge in [0.25, 0.3) is 0 Å². The van der Waals surface area contributed by atoms with E-state index in [1.54, 1.807) is 11.8 Å². The van der Waals surface area contributed by atoms with Crippen LogP contribution in [0.4, 0.5) is 0 Å². The zero-order chi connectivity index (χ0) is 18.7. The Morgan fingerprint density at radius 3 is 2.42 bits per heavy atom. The van der Waals surface area contributed by atoms with Gasteiger partial charge in [-0.25, -0.2) is 0 Å². The summed E-state index contributed by atoms with van der Waals surface area (Å²) >= 11 is 1.70. The summed E-state index contributed by atoms with van der Waals surface area (Å²) in [4.78, 5) is 0. The molecule has 0 aliphatic heterocycles. The van der Waals surface area contributed by atoms with E-state index >= 15 is 0 Å². The number of thioether (sulfide) groups is 1. The topological polar surface area (TPSA) is 39.9 Å². The summed E-state index contributed by atoms with van der Waals surface area (Å²) in [6.45, 7) is 8.30. The number of hydrogen-bond acceptors (Lipinski definition) is 4. The summed E-state index contributed by atoms with van der Waals surface area (Å²) in [5.74, 6) is 2.58. The molecule has 2 aromatic carbocycles. The fourth-order valence-corrected chi connectivity index (χ4v) is 3.97. The first-order chi connectivity index (χ1) is 12.4. The largest absolute Gasteiger partial charge is 0.483 e. The molecule has 3 rings (SSSR count). The molecule has 26 heavy (non-hydrogen) atoms. The highest BCUT2D eigenvalue weighted by Gasteiger charge is 2.17. The van der Waals surface area contributed by atoms with Gasteiger partial charge in [0.05, 0.1) is 0 Å². The van der Waals surface area contributed by atoms with Crippen molar-refractivity contribution in [3.63, 3.8) is 0 Å². The number of aryl methyl sites for hydroxylation is 3. The van der Waals surface area contributed by atoms with E-state index in [1.807, 2.05) is 30.7 Å². The first-order valence-electron chi connectivity index (χ1n) is 8.75. The summed E-state index contributed by atoms with van der Waals surface area (Å²) in [6, 6.07) is 14.7. The second kappa shape index (κ2) is 7.96. The molecule has 3 aromatic rings. The lowest BCUT2D eigenvalue weighted by Crippen LogP contribution is -2.10. The van der Waals surface area contributed by atoms with E-state index < -0.39 is 0 Å². The third-order valence-corrected chi connectivity index (χ3v) is 5.43. The zero-order valence-electron chi connectivity index (χ0n) is 16.0. The van der Waals surface area contributed by atoms with E-state index in [0.29, 0.717) is 0 Å². The van der Waals surface area contributed by atoms with Gasteiger partial charge in [-0.2, -0.15) is 0 Å². The first-order valence-corrected chi connectivity index (χ1v) is 9.74. The lowest BCUT2D eigenvalue weighted by Gasteiger charge is -2.15. The fraction of sp³-hybridized carbons (Fsp3) is 0.333. The molecule has 5 heteroatoms. The number of benzene rings is 2. The molecule has 1 atom stereocenters. The molecule has 0 bridgehead atoms. The monoisotopic (exact) mass is 367 g/mol. The minimum Gasteiger partial charge on any atom is -0.483 e. The number of nitrogens with zero attached hydrogens (tertiary/aromatic N) is 3. The van der Waals surface area contributed by atoms with Gasteiger partial charge >= 0.3 is 0 Å². The lowest BCUT2D eigenvalue weighted by atomic mass is 10.1. The standard InChI is InChI=1S/C21H25N3OS/c1-14-10-15(2)12-19(11-14)25-17(4)20-22-23-21(24(20)5)26-13-18-9-7-6-8-16(18)3/h6-12,17H,13H2,1-5H3. The van der Waals surface area contributed by atoms with Crippen molar-refractivity contribution in [2.24, 2.45) is 7.05 Å². The van der Waals surface area contributed by atoms with Crippen molar-refractivity contribution in [3.8, 4) is 5.75 Å². The Hall–Kier alpha value is -2.27. The highest BCUT2D eigenvalue weighted by atomic mass is 32.2. The molecule has 4 nitrogen and oxygen atoms in total. The second-order valence-corrected chi connectivity index (χ2v) is 7.64. The van der Waals surface area contributed by atoms with Crippen molar-refractivity contribution in [2.45, 2.75) is 44.7 Å². The number of ether oxygens (including phenoxy) is 1. The Balaban J connectivity index is 1.70. The normalized spacial score (nSPS) is 12.2. The van der Waals surface area contributed by atoms with Gasteiger partial charge in [-0.05, 0) is 62.1 Å². The summed E-state index contributed by atoms with van der Waals surface area (Å²) in [5, 5.41) is 9.61. The molecule has 0 aliphatic carbocycles. The number of hydrogen-bond donors (Lipinski definition) is 0. The summed E-state index contributed by atoms with van der Waals surface area (Å²) in [5.41, 5.74) is 5.01. The molecule has 1 heterocycles. The SMILES string of the molecule is Cc1cc(C)cc(OC(C)c2nnc(SCc3ccccc3C)n2C)c1. The van der Waals surface area contributed by atoms with Crippen LogP contribution < -0.4 is 4.74 Å². The van der Waals surface area contributed by atoms with Crippen LogP contribution in [0.5, 0.6) is 5.75 Å². The van der Waals surface area contributed by atoms with E-state index in [1.165, 1.54) is 22.3 Å². The Bertz CT molecular complexity index is 884.